The second-order valence-corrected chi connectivity index (χ2v) is 7.11. The number of aliphatic hydroxyl groups is 1. The van der Waals surface area contributed by atoms with Gasteiger partial charge in [-0.2, -0.15) is 11.8 Å². The Kier molecular flexibility index (Phi) is 5.76. The summed E-state index contributed by atoms with van der Waals surface area (Å²) in [6.07, 6.45) is 11.0. The molecule has 0 saturated carbocycles. The number of hydrogen-bond acceptors (Lipinski definition) is 3. The lowest BCUT2D eigenvalue weighted by Crippen LogP contribution is -2.27. The molecule has 2 heterocycles. The highest BCUT2D eigenvalue weighted by atomic mass is 32.2. The number of aliphatic carboxylic acids is 1. The van der Waals surface area contributed by atoms with E-state index in [0.29, 0.717) is 12.5 Å². The number of thioether (sulfide) groups is 1. The molecule has 2 aliphatic heterocycles. The average molecular weight is 284 g/mol. The minimum absolute atomic E-state index is 0.265. The summed E-state index contributed by atoms with van der Waals surface area (Å²) in [6, 6.07) is 0. The third-order valence-corrected chi connectivity index (χ3v) is 6.26. The molecule has 0 aromatic carbocycles. The van der Waals surface area contributed by atoms with Crippen LogP contribution in [0.15, 0.2) is 12.2 Å². The van der Waals surface area contributed by atoms with E-state index < -0.39 is 5.97 Å². The van der Waals surface area contributed by atoms with Gasteiger partial charge in [-0.1, -0.05) is 12.2 Å². The van der Waals surface area contributed by atoms with Crippen LogP contribution in [0.3, 0.4) is 0 Å². The van der Waals surface area contributed by atoms with Gasteiger partial charge in [0, 0.05) is 23.5 Å². The quantitative estimate of drug-likeness (QED) is 0.531. The lowest BCUT2D eigenvalue weighted by molar-refractivity contribution is -0.137. The van der Waals surface area contributed by atoms with Gasteiger partial charge in [-0.05, 0) is 50.4 Å². The Morgan fingerprint density at radius 3 is 2.63 bits per heavy atom. The van der Waals surface area contributed by atoms with E-state index in [-0.39, 0.29) is 6.42 Å². The molecule has 2 fully saturated rings. The van der Waals surface area contributed by atoms with Crippen molar-refractivity contribution in [2.75, 3.05) is 6.61 Å². The first-order valence-corrected chi connectivity index (χ1v) is 8.29. The molecule has 108 valence electrons. The Morgan fingerprint density at radius 2 is 1.95 bits per heavy atom. The van der Waals surface area contributed by atoms with Crippen molar-refractivity contribution in [1.29, 1.82) is 0 Å². The van der Waals surface area contributed by atoms with Crippen LogP contribution in [0.2, 0.25) is 0 Å². The predicted molar refractivity (Wildman–Crippen MR) is 78.3 cm³/mol. The van der Waals surface area contributed by atoms with Crippen LogP contribution in [0, 0.1) is 11.8 Å². The molecular formula is C15H24O3S. The van der Waals surface area contributed by atoms with Crippen LogP contribution in [0.5, 0.6) is 0 Å². The molecule has 0 spiro atoms. The summed E-state index contributed by atoms with van der Waals surface area (Å²) < 4.78 is 0. The van der Waals surface area contributed by atoms with Crippen molar-refractivity contribution in [3.63, 3.8) is 0 Å². The number of carboxylic acid groups (broad SMARTS) is 1. The molecule has 0 radical (unpaired) electrons. The van der Waals surface area contributed by atoms with E-state index in [0.717, 1.165) is 42.1 Å². The van der Waals surface area contributed by atoms with Gasteiger partial charge in [-0.15, -0.1) is 0 Å². The standard InChI is InChI=1S/C15H24O3S/c16-10-9-12-11(13-7-8-14(12)19-13)5-3-1-2-4-6-15(17)18/h1,3,11-14,16H,2,4-10H2,(H,17,18)/t11-,12+,13-,14+/m1/s1. The fourth-order valence-electron chi connectivity index (χ4n) is 3.49. The summed E-state index contributed by atoms with van der Waals surface area (Å²) in [5, 5.41) is 19.3. The number of allylic oxidation sites excluding steroid dienone is 2. The zero-order valence-electron chi connectivity index (χ0n) is 11.3. The third-order valence-electron chi connectivity index (χ3n) is 4.39. The minimum atomic E-state index is -0.707. The summed E-state index contributed by atoms with van der Waals surface area (Å²) in [7, 11) is 0. The molecule has 0 unspecified atom stereocenters. The zero-order chi connectivity index (χ0) is 13.7. The molecule has 0 aromatic rings. The normalized spacial score (nSPS) is 33.3. The molecule has 0 aromatic heterocycles. The maximum absolute atomic E-state index is 10.4. The van der Waals surface area contributed by atoms with E-state index in [9.17, 15) is 9.90 Å². The van der Waals surface area contributed by atoms with Gasteiger partial charge in [0.2, 0.25) is 0 Å². The first-order chi connectivity index (χ1) is 9.22. The van der Waals surface area contributed by atoms with Gasteiger partial charge in [0.05, 0.1) is 0 Å². The molecule has 2 rings (SSSR count). The number of aliphatic hydroxyl groups excluding tert-OH is 1. The van der Waals surface area contributed by atoms with E-state index in [1.54, 1.807) is 0 Å². The van der Waals surface area contributed by atoms with Gasteiger partial charge in [-0.3, -0.25) is 4.79 Å². The monoisotopic (exact) mass is 284 g/mol. The van der Waals surface area contributed by atoms with Crippen LogP contribution >= 0.6 is 11.8 Å². The largest absolute Gasteiger partial charge is 0.481 e. The second-order valence-electron chi connectivity index (χ2n) is 5.62. The predicted octanol–water partition coefficient (Wildman–Crippen LogP) is 3.08. The number of carbonyl (C=O) groups is 1. The molecule has 2 aliphatic rings. The summed E-state index contributed by atoms with van der Waals surface area (Å²) >= 11 is 2.14. The maximum atomic E-state index is 10.4. The Hall–Kier alpha value is -0.480. The highest BCUT2D eigenvalue weighted by Gasteiger charge is 2.46. The van der Waals surface area contributed by atoms with E-state index >= 15 is 0 Å². The van der Waals surface area contributed by atoms with Gasteiger partial charge in [0.1, 0.15) is 0 Å². The Morgan fingerprint density at radius 1 is 1.21 bits per heavy atom. The van der Waals surface area contributed by atoms with E-state index in [1.165, 1.54) is 12.8 Å². The fourth-order valence-corrected chi connectivity index (χ4v) is 5.54. The van der Waals surface area contributed by atoms with Crippen LogP contribution in [-0.2, 0) is 4.79 Å². The molecule has 0 amide bonds. The summed E-state index contributed by atoms with van der Waals surface area (Å²) in [4.78, 5) is 10.4. The number of carboxylic acids is 1. The Labute approximate surface area is 119 Å². The lowest BCUT2D eigenvalue weighted by atomic mass is 9.76. The van der Waals surface area contributed by atoms with Crippen molar-refractivity contribution in [1.82, 2.24) is 0 Å². The van der Waals surface area contributed by atoms with Crippen molar-refractivity contribution in [3.05, 3.63) is 12.2 Å². The molecule has 2 N–H and O–H groups in total. The molecule has 2 bridgehead atoms. The van der Waals surface area contributed by atoms with Gasteiger partial charge >= 0.3 is 5.97 Å². The highest BCUT2D eigenvalue weighted by Crippen LogP contribution is 2.55. The van der Waals surface area contributed by atoms with Gasteiger partial charge in [0.15, 0.2) is 0 Å². The topological polar surface area (TPSA) is 57.5 Å². The van der Waals surface area contributed by atoms with Crippen molar-refractivity contribution in [2.24, 2.45) is 11.8 Å². The summed E-state index contributed by atoms with van der Waals surface area (Å²) in [6.45, 7) is 0.313. The Bertz CT molecular complexity index is 329. The minimum Gasteiger partial charge on any atom is -0.481 e. The van der Waals surface area contributed by atoms with Crippen molar-refractivity contribution in [3.8, 4) is 0 Å². The maximum Gasteiger partial charge on any atom is 0.303 e. The lowest BCUT2D eigenvalue weighted by Gasteiger charge is -2.28. The summed E-state index contributed by atoms with van der Waals surface area (Å²) in [5.41, 5.74) is 0. The number of hydrogen-bond donors (Lipinski definition) is 2. The van der Waals surface area contributed by atoms with Crippen LogP contribution in [-0.4, -0.2) is 33.3 Å². The van der Waals surface area contributed by atoms with Gasteiger partial charge in [-0.25, -0.2) is 0 Å². The van der Waals surface area contributed by atoms with Gasteiger partial charge < -0.3 is 10.2 Å². The fraction of sp³-hybridized carbons (Fsp3) is 0.800. The van der Waals surface area contributed by atoms with Crippen LogP contribution in [0.4, 0.5) is 0 Å². The van der Waals surface area contributed by atoms with Crippen molar-refractivity contribution >= 4 is 17.7 Å². The number of rotatable bonds is 8. The SMILES string of the molecule is O=C(O)CCCC=CC[C@@H]1[C@H](CCO)[C@@H]2CC[C@H]1S2. The first-order valence-electron chi connectivity index (χ1n) is 7.35. The van der Waals surface area contributed by atoms with Crippen LogP contribution in [0.25, 0.3) is 0 Å². The van der Waals surface area contributed by atoms with Crippen molar-refractivity contribution < 1.29 is 15.0 Å². The molecule has 4 atom stereocenters. The molecule has 19 heavy (non-hydrogen) atoms. The van der Waals surface area contributed by atoms with Gasteiger partial charge in [0.25, 0.3) is 0 Å². The van der Waals surface area contributed by atoms with E-state index in [4.69, 9.17) is 5.11 Å². The molecule has 4 heteroatoms. The smallest absolute Gasteiger partial charge is 0.303 e. The van der Waals surface area contributed by atoms with E-state index in [2.05, 4.69) is 23.9 Å². The highest BCUT2D eigenvalue weighted by molar-refractivity contribution is 8.01. The van der Waals surface area contributed by atoms with Crippen LogP contribution in [0.1, 0.15) is 44.9 Å². The zero-order valence-corrected chi connectivity index (χ0v) is 12.1. The number of fused-ring (bicyclic) bond motifs is 2. The average Bonchev–Trinajstić information content (AvgIpc) is 2.95. The molecule has 2 saturated heterocycles. The molecule has 3 nitrogen and oxygen atoms in total. The van der Waals surface area contributed by atoms with E-state index in [1.807, 2.05) is 0 Å². The van der Waals surface area contributed by atoms with Crippen molar-refractivity contribution in [2.45, 2.75) is 55.4 Å². The second kappa shape index (κ2) is 7.34. The van der Waals surface area contributed by atoms with Crippen LogP contribution < -0.4 is 0 Å². The third kappa shape index (κ3) is 3.99. The Balaban J connectivity index is 1.72. The number of unbranched alkanes of at least 4 members (excludes halogenated alkanes) is 1. The molecular weight excluding hydrogens is 260 g/mol. The first kappa shape index (κ1) is 14.9. The molecule has 0 aliphatic carbocycles. The summed E-state index contributed by atoms with van der Waals surface area (Å²) in [5.74, 6) is 0.713.